The van der Waals surface area contributed by atoms with Crippen LogP contribution in [0.5, 0.6) is 5.75 Å². The molecule has 0 radical (unpaired) electrons. The molecule has 1 aliphatic heterocycles. The van der Waals surface area contributed by atoms with Crippen LogP contribution in [0.2, 0.25) is 0 Å². The lowest BCUT2D eigenvalue weighted by molar-refractivity contribution is -0.121. The van der Waals surface area contributed by atoms with Gasteiger partial charge >= 0.3 is 0 Å². The molecule has 0 spiro atoms. The summed E-state index contributed by atoms with van der Waals surface area (Å²) < 4.78 is 5.17. The molecule has 3 amide bonds. The number of likely N-dealkylation sites (tertiary alicyclic amines) is 1. The minimum absolute atomic E-state index is 0.00881. The Balaban J connectivity index is 1.42. The lowest BCUT2D eigenvalue weighted by atomic mass is 10.0. The molecule has 0 atom stereocenters. The summed E-state index contributed by atoms with van der Waals surface area (Å²) in [5, 5.41) is 5.55. The highest BCUT2D eigenvalue weighted by molar-refractivity contribution is 5.96. The quantitative estimate of drug-likeness (QED) is 0.781. The molecular weight excluding hydrogens is 370 g/mol. The van der Waals surface area contributed by atoms with Crippen LogP contribution in [0.4, 0.5) is 0 Å². The molecule has 3 rings (SSSR count). The highest BCUT2D eigenvalue weighted by atomic mass is 16.5. The molecule has 2 aromatic carbocycles. The number of rotatable bonds is 6. The fourth-order valence-electron chi connectivity index (χ4n) is 3.30. The zero-order chi connectivity index (χ0) is 20.6. The molecule has 0 aliphatic carbocycles. The fraction of sp³-hybridized carbons (Fsp3) is 0.318. The van der Waals surface area contributed by atoms with Gasteiger partial charge in [-0.1, -0.05) is 24.3 Å². The Morgan fingerprint density at radius 1 is 1.00 bits per heavy atom. The molecule has 2 aromatic rings. The first-order valence-corrected chi connectivity index (χ1v) is 9.63. The van der Waals surface area contributed by atoms with Gasteiger partial charge in [-0.3, -0.25) is 14.4 Å². The monoisotopic (exact) mass is 395 g/mol. The molecular formula is C22H25N3O4. The Hall–Kier alpha value is -3.35. The number of benzene rings is 2. The number of hydrogen-bond donors (Lipinski definition) is 2. The summed E-state index contributed by atoms with van der Waals surface area (Å²) in [6, 6.07) is 15.9. The molecule has 7 nitrogen and oxygen atoms in total. The summed E-state index contributed by atoms with van der Waals surface area (Å²) in [6.07, 6.45) is 1.35. The molecule has 29 heavy (non-hydrogen) atoms. The van der Waals surface area contributed by atoms with Crippen molar-refractivity contribution in [1.82, 2.24) is 15.5 Å². The van der Waals surface area contributed by atoms with Gasteiger partial charge in [0.05, 0.1) is 13.7 Å². The third-order valence-corrected chi connectivity index (χ3v) is 4.91. The van der Waals surface area contributed by atoms with Crippen LogP contribution < -0.4 is 15.4 Å². The first kappa shape index (κ1) is 20.4. The van der Waals surface area contributed by atoms with Crippen LogP contribution in [0.25, 0.3) is 0 Å². The minimum Gasteiger partial charge on any atom is -0.497 e. The van der Waals surface area contributed by atoms with E-state index in [2.05, 4.69) is 10.6 Å². The second kappa shape index (κ2) is 9.73. The van der Waals surface area contributed by atoms with E-state index in [-0.39, 0.29) is 30.3 Å². The van der Waals surface area contributed by atoms with Crippen molar-refractivity contribution in [3.63, 3.8) is 0 Å². The summed E-state index contributed by atoms with van der Waals surface area (Å²) in [5.41, 5.74) is 1.11. The van der Waals surface area contributed by atoms with E-state index in [1.165, 1.54) is 0 Å². The summed E-state index contributed by atoms with van der Waals surface area (Å²) >= 11 is 0. The highest BCUT2D eigenvalue weighted by Crippen LogP contribution is 2.17. The lowest BCUT2D eigenvalue weighted by Crippen LogP contribution is -2.48. The van der Waals surface area contributed by atoms with Crippen LogP contribution in [0.15, 0.2) is 54.6 Å². The van der Waals surface area contributed by atoms with Crippen molar-refractivity contribution >= 4 is 17.7 Å². The van der Waals surface area contributed by atoms with Crippen LogP contribution in [0.1, 0.15) is 33.6 Å². The van der Waals surface area contributed by atoms with Crippen molar-refractivity contribution in [1.29, 1.82) is 0 Å². The highest BCUT2D eigenvalue weighted by Gasteiger charge is 2.25. The average Bonchev–Trinajstić information content (AvgIpc) is 2.78. The number of piperidine rings is 1. The minimum atomic E-state index is -0.278. The second-order valence-electron chi connectivity index (χ2n) is 6.91. The van der Waals surface area contributed by atoms with Crippen molar-refractivity contribution in [3.05, 3.63) is 65.7 Å². The van der Waals surface area contributed by atoms with Crippen LogP contribution in [-0.4, -0.2) is 55.4 Å². The van der Waals surface area contributed by atoms with E-state index in [1.807, 2.05) is 6.07 Å². The van der Waals surface area contributed by atoms with Gasteiger partial charge in [-0.2, -0.15) is 0 Å². The van der Waals surface area contributed by atoms with Crippen molar-refractivity contribution < 1.29 is 19.1 Å². The molecule has 7 heteroatoms. The summed E-state index contributed by atoms with van der Waals surface area (Å²) in [7, 11) is 1.57. The van der Waals surface area contributed by atoms with Gasteiger partial charge in [0, 0.05) is 30.3 Å². The molecule has 152 valence electrons. The van der Waals surface area contributed by atoms with E-state index in [4.69, 9.17) is 4.74 Å². The largest absolute Gasteiger partial charge is 0.497 e. The molecule has 2 N–H and O–H groups in total. The van der Waals surface area contributed by atoms with Crippen LogP contribution >= 0.6 is 0 Å². The molecule has 0 saturated carbocycles. The van der Waals surface area contributed by atoms with Gasteiger partial charge in [-0.15, -0.1) is 0 Å². The predicted molar refractivity (Wildman–Crippen MR) is 109 cm³/mol. The second-order valence-corrected chi connectivity index (χ2v) is 6.91. The predicted octanol–water partition coefficient (Wildman–Crippen LogP) is 1.85. The first-order chi connectivity index (χ1) is 14.1. The van der Waals surface area contributed by atoms with Crippen molar-refractivity contribution in [3.8, 4) is 5.75 Å². The summed E-state index contributed by atoms with van der Waals surface area (Å²) in [4.78, 5) is 38.6. The van der Waals surface area contributed by atoms with E-state index >= 15 is 0 Å². The number of ether oxygens (including phenoxy) is 1. The van der Waals surface area contributed by atoms with Gasteiger partial charge in [0.1, 0.15) is 5.75 Å². The molecule has 1 aliphatic rings. The van der Waals surface area contributed by atoms with Crippen LogP contribution in [0, 0.1) is 0 Å². The van der Waals surface area contributed by atoms with Gasteiger partial charge in [0.25, 0.3) is 11.8 Å². The van der Waals surface area contributed by atoms with E-state index in [1.54, 1.807) is 60.5 Å². The Bertz CT molecular complexity index is 861. The topological polar surface area (TPSA) is 87.7 Å². The number of methoxy groups -OCH3 is 1. The van der Waals surface area contributed by atoms with Gasteiger partial charge in [-0.25, -0.2) is 0 Å². The maximum atomic E-state index is 12.6. The van der Waals surface area contributed by atoms with Gasteiger partial charge < -0.3 is 20.3 Å². The number of amides is 3. The van der Waals surface area contributed by atoms with Crippen LogP contribution in [0.3, 0.4) is 0 Å². The lowest BCUT2D eigenvalue weighted by Gasteiger charge is -2.32. The molecule has 0 aromatic heterocycles. The van der Waals surface area contributed by atoms with Crippen molar-refractivity contribution in [2.45, 2.75) is 18.9 Å². The fourth-order valence-corrected chi connectivity index (χ4v) is 3.30. The van der Waals surface area contributed by atoms with E-state index in [9.17, 15) is 14.4 Å². The zero-order valence-corrected chi connectivity index (χ0v) is 16.4. The summed E-state index contributed by atoms with van der Waals surface area (Å²) in [5.74, 6) is 0.102. The third kappa shape index (κ3) is 5.57. The van der Waals surface area contributed by atoms with Gasteiger partial charge in [-0.05, 0) is 43.2 Å². The van der Waals surface area contributed by atoms with E-state index in [0.29, 0.717) is 42.8 Å². The number of nitrogens with one attached hydrogen (secondary N) is 2. The normalized spacial score (nSPS) is 14.2. The smallest absolute Gasteiger partial charge is 0.253 e. The average molecular weight is 395 g/mol. The molecule has 1 heterocycles. The Labute approximate surface area is 170 Å². The van der Waals surface area contributed by atoms with Crippen molar-refractivity contribution in [2.24, 2.45) is 0 Å². The van der Waals surface area contributed by atoms with E-state index < -0.39 is 0 Å². The number of carbonyl (C=O) groups is 3. The number of carbonyl (C=O) groups excluding carboxylic acids is 3. The van der Waals surface area contributed by atoms with Gasteiger partial charge in [0.2, 0.25) is 5.91 Å². The molecule has 0 unspecified atom stereocenters. The Morgan fingerprint density at radius 3 is 2.38 bits per heavy atom. The number of hydrogen-bond acceptors (Lipinski definition) is 4. The standard InChI is InChI=1S/C22H25N3O4/c1-29-19-9-5-8-17(14-19)22(28)25-12-10-18(11-13-25)24-20(26)15-23-21(27)16-6-3-2-4-7-16/h2-9,14,18H,10-13,15H2,1H3,(H,23,27)(H,24,26). The third-order valence-electron chi connectivity index (χ3n) is 4.91. The number of nitrogens with zero attached hydrogens (tertiary/aromatic N) is 1. The maximum absolute atomic E-state index is 12.6. The Morgan fingerprint density at radius 2 is 1.69 bits per heavy atom. The van der Waals surface area contributed by atoms with Crippen molar-refractivity contribution in [2.75, 3.05) is 26.7 Å². The first-order valence-electron chi connectivity index (χ1n) is 9.63. The SMILES string of the molecule is COc1cccc(C(=O)N2CCC(NC(=O)CNC(=O)c3ccccc3)CC2)c1. The Kier molecular flexibility index (Phi) is 6.84. The van der Waals surface area contributed by atoms with E-state index in [0.717, 1.165) is 0 Å². The molecule has 0 bridgehead atoms. The van der Waals surface area contributed by atoms with Crippen LogP contribution in [-0.2, 0) is 4.79 Å². The maximum Gasteiger partial charge on any atom is 0.253 e. The molecule has 1 fully saturated rings. The summed E-state index contributed by atoms with van der Waals surface area (Å²) in [6.45, 7) is 1.06. The zero-order valence-electron chi connectivity index (χ0n) is 16.4. The van der Waals surface area contributed by atoms with Gasteiger partial charge in [0.15, 0.2) is 0 Å². The molecule has 1 saturated heterocycles.